The van der Waals surface area contributed by atoms with E-state index in [4.69, 9.17) is 28.9 Å². The highest BCUT2D eigenvalue weighted by Gasteiger charge is 2.41. The fourth-order valence-electron chi connectivity index (χ4n) is 2.12. The number of hydrogen-bond donors (Lipinski definition) is 0. The third-order valence-corrected chi connectivity index (χ3v) is 3.27. The first-order valence-corrected chi connectivity index (χ1v) is 6.09. The Morgan fingerprint density at radius 1 is 1.21 bits per heavy atom. The predicted molar refractivity (Wildman–Crippen MR) is 71.8 cm³/mol. The van der Waals surface area contributed by atoms with Crippen LogP contribution >= 0.6 is 11.6 Å². The summed E-state index contributed by atoms with van der Waals surface area (Å²) >= 11 is 5.74. The molecular formula is C14H9BClFO2. The van der Waals surface area contributed by atoms with Crippen LogP contribution in [0.4, 0.5) is 4.39 Å². The van der Waals surface area contributed by atoms with E-state index in [1.165, 1.54) is 6.07 Å². The smallest absolute Gasteiger partial charge is 0.278 e. The van der Waals surface area contributed by atoms with Gasteiger partial charge in [-0.1, -0.05) is 29.2 Å². The number of rotatable bonds is 1. The molecule has 0 aromatic heterocycles. The molecule has 1 aliphatic rings. The van der Waals surface area contributed by atoms with Crippen LogP contribution in [0.5, 0.6) is 11.5 Å². The molecule has 0 saturated heterocycles. The van der Waals surface area contributed by atoms with Crippen LogP contribution < -0.4 is 14.9 Å². The summed E-state index contributed by atoms with van der Waals surface area (Å²) in [4.78, 5) is 0. The van der Waals surface area contributed by atoms with Gasteiger partial charge in [-0.3, -0.25) is 0 Å². The van der Waals surface area contributed by atoms with Gasteiger partial charge in [-0.05, 0) is 24.3 Å². The van der Waals surface area contributed by atoms with Crippen LogP contribution in [-0.2, 0) is 5.79 Å². The van der Waals surface area contributed by atoms with E-state index in [2.05, 4.69) is 0 Å². The molecule has 2 aromatic rings. The average Bonchev–Trinajstić information content (AvgIpc) is 2.68. The lowest BCUT2D eigenvalue weighted by molar-refractivity contribution is -0.0703. The summed E-state index contributed by atoms with van der Waals surface area (Å²) in [7, 11) is 5.81. The first kappa shape index (κ1) is 12.4. The number of hydrogen-bond acceptors (Lipinski definition) is 2. The van der Waals surface area contributed by atoms with Crippen molar-refractivity contribution < 1.29 is 13.9 Å². The third kappa shape index (κ3) is 1.96. The van der Waals surface area contributed by atoms with Gasteiger partial charge in [0.05, 0.1) is 5.56 Å². The molecule has 2 aromatic carbocycles. The molecule has 94 valence electrons. The number of para-hydroxylation sites is 1. The SMILES string of the molecule is [B]c1cccc2c1OC(C)(c1ccc(Cl)cc1F)O2. The van der Waals surface area contributed by atoms with Crippen LogP contribution in [0.15, 0.2) is 36.4 Å². The number of halogens is 2. The quantitative estimate of drug-likeness (QED) is 0.745. The molecule has 2 nitrogen and oxygen atoms in total. The molecule has 1 atom stereocenters. The average molecular weight is 274 g/mol. The van der Waals surface area contributed by atoms with Crippen molar-refractivity contribution in [3.05, 3.63) is 52.8 Å². The molecule has 1 unspecified atom stereocenters. The maximum Gasteiger partial charge on any atom is 0.278 e. The molecule has 3 rings (SSSR count). The minimum absolute atomic E-state index is 0.271. The van der Waals surface area contributed by atoms with Gasteiger partial charge in [0.2, 0.25) is 0 Å². The number of ether oxygens (including phenoxy) is 2. The van der Waals surface area contributed by atoms with Crippen LogP contribution in [0.3, 0.4) is 0 Å². The summed E-state index contributed by atoms with van der Waals surface area (Å²) in [5.74, 6) is -0.801. The lowest BCUT2D eigenvalue weighted by atomic mass is 9.95. The van der Waals surface area contributed by atoms with Gasteiger partial charge in [0, 0.05) is 11.9 Å². The number of benzene rings is 2. The second-order valence-electron chi connectivity index (χ2n) is 4.45. The third-order valence-electron chi connectivity index (χ3n) is 3.03. The van der Waals surface area contributed by atoms with Crippen molar-refractivity contribution in [1.82, 2.24) is 0 Å². The van der Waals surface area contributed by atoms with Crippen molar-refractivity contribution in [1.29, 1.82) is 0 Å². The molecule has 0 bridgehead atoms. The molecule has 0 saturated carbocycles. The maximum absolute atomic E-state index is 14.0. The summed E-state index contributed by atoms with van der Waals surface area (Å²) in [5, 5.41) is 0.319. The minimum Gasteiger partial charge on any atom is -0.445 e. The summed E-state index contributed by atoms with van der Waals surface area (Å²) in [6.07, 6.45) is 0. The zero-order chi connectivity index (χ0) is 13.6. The van der Waals surface area contributed by atoms with Crippen molar-refractivity contribution in [2.75, 3.05) is 0 Å². The molecule has 5 heteroatoms. The summed E-state index contributed by atoms with van der Waals surface area (Å²) < 4.78 is 25.4. The molecule has 19 heavy (non-hydrogen) atoms. The Morgan fingerprint density at radius 3 is 2.68 bits per heavy atom. The van der Waals surface area contributed by atoms with Crippen molar-refractivity contribution in [2.24, 2.45) is 0 Å². The van der Waals surface area contributed by atoms with E-state index < -0.39 is 11.6 Å². The monoisotopic (exact) mass is 274 g/mol. The summed E-state index contributed by atoms with van der Waals surface area (Å²) in [6.45, 7) is 1.64. The topological polar surface area (TPSA) is 18.5 Å². The van der Waals surface area contributed by atoms with Crippen molar-refractivity contribution >= 4 is 24.9 Å². The predicted octanol–water partition coefficient (Wildman–Crippen LogP) is 2.92. The van der Waals surface area contributed by atoms with E-state index in [9.17, 15) is 4.39 Å². The molecule has 0 N–H and O–H groups in total. The Bertz CT molecular complexity index is 662. The molecule has 0 aliphatic carbocycles. The highest BCUT2D eigenvalue weighted by Crippen LogP contribution is 2.43. The Balaban J connectivity index is 2.06. The lowest BCUT2D eigenvalue weighted by Gasteiger charge is -2.24. The van der Waals surface area contributed by atoms with E-state index in [-0.39, 0.29) is 5.56 Å². The van der Waals surface area contributed by atoms with E-state index in [0.717, 1.165) is 0 Å². The zero-order valence-electron chi connectivity index (χ0n) is 10.1. The van der Waals surface area contributed by atoms with E-state index in [1.54, 1.807) is 37.3 Å². The molecular weight excluding hydrogens is 265 g/mol. The highest BCUT2D eigenvalue weighted by molar-refractivity contribution is 6.34. The van der Waals surface area contributed by atoms with Crippen molar-refractivity contribution in [3.8, 4) is 11.5 Å². The van der Waals surface area contributed by atoms with Crippen LogP contribution in [0, 0.1) is 5.82 Å². The molecule has 1 aliphatic heterocycles. The highest BCUT2D eigenvalue weighted by atomic mass is 35.5. The summed E-state index contributed by atoms with van der Waals surface area (Å²) in [6, 6.07) is 9.53. The van der Waals surface area contributed by atoms with Gasteiger partial charge in [-0.2, -0.15) is 0 Å². The van der Waals surface area contributed by atoms with Crippen LogP contribution in [0.2, 0.25) is 5.02 Å². The number of fused-ring (bicyclic) bond motifs is 1. The van der Waals surface area contributed by atoms with Crippen molar-refractivity contribution in [2.45, 2.75) is 12.7 Å². The molecule has 0 fully saturated rings. The van der Waals surface area contributed by atoms with Gasteiger partial charge >= 0.3 is 0 Å². The van der Waals surface area contributed by atoms with E-state index in [0.29, 0.717) is 22.0 Å². The Kier molecular flexibility index (Phi) is 2.71. The first-order chi connectivity index (χ1) is 8.99. The van der Waals surface area contributed by atoms with Crippen LogP contribution in [-0.4, -0.2) is 7.85 Å². The second-order valence-corrected chi connectivity index (χ2v) is 4.88. The van der Waals surface area contributed by atoms with Gasteiger partial charge in [0.15, 0.2) is 11.5 Å². The Labute approximate surface area is 116 Å². The van der Waals surface area contributed by atoms with Gasteiger partial charge in [-0.25, -0.2) is 4.39 Å². The normalized spacial score (nSPS) is 20.6. The van der Waals surface area contributed by atoms with Gasteiger partial charge in [0.25, 0.3) is 5.79 Å². The molecule has 2 radical (unpaired) electrons. The fraction of sp³-hybridized carbons (Fsp3) is 0.143. The zero-order valence-corrected chi connectivity index (χ0v) is 10.9. The minimum atomic E-state index is -1.24. The Hall–Kier alpha value is -1.68. The maximum atomic E-state index is 14.0. The van der Waals surface area contributed by atoms with Gasteiger partial charge in [-0.15, -0.1) is 0 Å². The fourth-order valence-corrected chi connectivity index (χ4v) is 2.27. The summed E-state index contributed by atoms with van der Waals surface area (Å²) in [5.41, 5.74) is 0.725. The van der Waals surface area contributed by atoms with E-state index in [1.807, 2.05) is 0 Å². The van der Waals surface area contributed by atoms with Crippen LogP contribution in [0.1, 0.15) is 12.5 Å². The van der Waals surface area contributed by atoms with Crippen LogP contribution in [0.25, 0.3) is 0 Å². The molecule has 1 heterocycles. The van der Waals surface area contributed by atoms with Gasteiger partial charge < -0.3 is 9.47 Å². The van der Waals surface area contributed by atoms with Gasteiger partial charge in [0.1, 0.15) is 13.7 Å². The largest absolute Gasteiger partial charge is 0.445 e. The standard InChI is InChI=1S/C14H9BClFO2/c1-14(9-6-5-8(16)7-11(9)17)18-12-4-2-3-10(15)13(12)19-14/h2-7H,1H3. The second kappa shape index (κ2) is 4.17. The molecule has 0 amide bonds. The van der Waals surface area contributed by atoms with Crippen molar-refractivity contribution in [3.63, 3.8) is 0 Å². The van der Waals surface area contributed by atoms with E-state index >= 15 is 0 Å². The Morgan fingerprint density at radius 2 is 2.00 bits per heavy atom. The molecule has 0 spiro atoms. The lowest BCUT2D eigenvalue weighted by Crippen LogP contribution is -2.33. The first-order valence-electron chi connectivity index (χ1n) is 5.72.